The maximum atomic E-state index is 12.9. The molecule has 5 aromatic rings. The van der Waals surface area contributed by atoms with Gasteiger partial charge in [0.25, 0.3) is 5.56 Å². The predicted molar refractivity (Wildman–Crippen MR) is 123 cm³/mol. The molecule has 2 aromatic heterocycles. The molecule has 0 unspecified atom stereocenters. The molecule has 0 bridgehead atoms. The van der Waals surface area contributed by atoms with Gasteiger partial charge in [-0.3, -0.25) is 4.79 Å². The third-order valence-corrected chi connectivity index (χ3v) is 6.20. The summed E-state index contributed by atoms with van der Waals surface area (Å²) in [6.07, 6.45) is 1.69. The summed E-state index contributed by atoms with van der Waals surface area (Å²) in [6, 6.07) is 19.2. The molecule has 5 rings (SSSR count). The third kappa shape index (κ3) is 3.59. The number of aromatic nitrogens is 2. The Kier molecular flexibility index (Phi) is 4.98. The summed E-state index contributed by atoms with van der Waals surface area (Å²) in [4.78, 5) is 30.3. The highest BCUT2D eigenvalue weighted by Crippen LogP contribution is 2.35. The van der Waals surface area contributed by atoms with Gasteiger partial charge in [-0.1, -0.05) is 64.9 Å². The van der Waals surface area contributed by atoms with Gasteiger partial charge in [-0.25, -0.2) is 14.2 Å². The van der Waals surface area contributed by atoms with Crippen LogP contribution in [0.1, 0.15) is 15.9 Å². The van der Waals surface area contributed by atoms with Gasteiger partial charge in [0.15, 0.2) is 10.7 Å². The molecule has 0 aliphatic rings. The highest BCUT2D eigenvalue weighted by atomic mass is 35.5. The fourth-order valence-corrected chi connectivity index (χ4v) is 4.82. The molecule has 152 valence electrons. The van der Waals surface area contributed by atoms with E-state index in [0.29, 0.717) is 20.6 Å². The Labute approximate surface area is 189 Å². The van der Waals surface area contributed by atoms with Crippen molar-refractivity contribution in [2.45, 2.75) is 0 Å². The molecule has 0 amide bonds. The topological polar surface area (TPSA) is 60.7 Å². The average molecular weight is 467 g/mol. The molecule has 5 nitrogen and oxygen atoms in total. The quantitative estimate of drug-likeness (QED) is 0.277. The Morgan fingerprint density at radius 1 is 1.00 bits per heavy atom. The largest absolute Gasteiger partial charge is 0.420 e. The molecule has 3 aromatic carbocycles. The van der Waals surface area contributed by atoms with E-state index in [1.54, 1.807) is 52.9 Å². The SMILES string of the molecule is O=C(Oc1c(Cl)cc(/C=c2\sc3nc4ccccc4n3c2=O)cc1Cl)c1ccccc1. The van der Waals surface area contributed by atoms with E-state index in [1.165, 1.54) is 11.3 Å². The number of thiazole rings is 1. The average Bonchev–Trinajstić information content (AvgIpc) is 3.27. The molecule has 31 heavy (non-hydrogen) atoms. The number of esters is 1. The number of imidazole rings is 1. The zero-order valence-electron chi connectivity index (χ0n) is 15.7. The Bertz CT molecular complexity index is 1550. The molecule has 0 atom stereocenters. The zero-order chi connectivity index (χ0) is 21.5. The number of nitrogens with zero attached hydrogens (tertiary/aromatic N) is 2. The van der Waals surface area contributed by atoms with Crippen molar-refractivity contribution in [1.82, 2.24) is 9.38 Å². The van der Waals surface area contributed by atoms with E-state index in [2.05, 4.69) is 4.98 Å². The van der Waals surface area contributed by atoms with E-state index in [0.717, 1.165) is 11.0 Å². The minimum absolute atomic E-state index is 0.0728. The van der Waals surface area contributed by atoms with Gasteiger partial charge in [-0.05, 0) is 48.0 Å². The van der Waals surface area contributed by atoms with Gasteiger partial charge in [0.2, 0.25) is 0 Å². The molecule has 0 aliphatic carbocycles. The van der Waals surface area contributed by atoms with Crippen LogP contribution in [0.25, 0.3) is 22.1 Å². The minimum atomic E-state index is -0.561. The van der Waals surface area contributed by atoms with Gasteiger partial charge in [-0.15, -0.1) is 0 Å². The minimum Gasteiger partial charge on any atom is -0.420 e. The number of fused-ring (bicyclic) bond motifs is 3. The second kappa shape index (κ2) is 7.81. The number of rotatable bonds is 3. The monoisotopic (exact) mass is 466 g/mol. The van der Waals surface area contributed by atoms with E-state index in [4.69, 9.17) is 27.9 Å². The smallest absolute Gasteiger partial charge is 0.343 e. The summed E-state index contributed by atoms with van der Waals surface area (Å²) >= 11 is 13.9. The first-order valence-electron chi connectivity index (χ1n) is 9.19. The van der Waals surface area contributed by atoms with Crippen molar-refractivity contribution in [3.8, 4) is 5.75 Å². The van der Waals surface area contributed by atoms with Gasteiger partial charge in [0.1, 0.15) is 0 Å². The van der Waals surface area contributed by atoms with E-state index < -0.39 is 5.97 Å². The first kappa shape index (κ1) is 19.8. The summed E-state index contributed by atoms with van der Waals surface area (Å²) in [7, 11) is 0. The molecule has 2 heterocycles. The fourth-order valence-electron chi connectivity index (χ4n) is 3.25. The van der Waals surface area contributed by atoms with Gasteiger partial charge in [-0.2, -0.15) is 0 Å². The maximum absolute atomic E-state index is 12.9. The van der Waals surface area contributed by atoms with Crippen molar-refractivity contribution in [1.29, 1.82) is 0 Å². The standard InChI is InChI=1S/C23H12Cl2N2O3S/c24-15-10-13(11-16(25)20(15)30-22(29)14-6-2-1-3-7-14)12-19-21(28)27-18-9-5-4-8-17(18)26-23(27)31-19/h1-12H/b19-12-. The molecule has 0 radical (unpaired) electrons. The van der Waals surface area contributed by atoms with Gasteiger partial charge < -0.3 is 4.74 Å². The predicted octanol–water partition coefficient (Wildman–Crippen LogP) is 4.98. The van der Waals surface area contributed by atoms with E-state index in [1.807, 2.05) is 24.3 Å². The molecular formula is C23H12Cl2N2O3S. The Hall–Kier alpha value is -3.19. The Balaban J connectivity index is 1.53. The van der Waals surface area contributed by atoms with Crippen LogP contribution in [0.15, 0.2) is 71.5 Å². The lowest BCUT2D eigenvalue weighted by molar-refractivity contribution is 0.0735. The van der Waals surface area contributed by atoms with Gasteiger partial charge >= 0.3 is 5.97 Å². The van der Waals surface area contributed by atoms with Crippen molar-refractivity contribution in [2.75, 3.05) is 0 Å². The number of carbonyl (C=O) groups is 1. The summed E-state index contributed by atoms with van der Waals surface area (Å²) in [6.45, 7) is 0. The number of para-hydroxylation sites is 2. The number of hydrogen-bond acceptors (Lipinski definition) is 5. The molecule has 0 N–H and O–H groups in total. The number of halogens is 2. The van der Waals surface area contributed by atoms with Crippen molar-refractivity contribution in [2.24, 2.45) is 0 Å². The van der Waals surface area contributed by atoms with Crippen LogP contribution < -0.4 is 14.8 Å². The summed E-state index contributed by atoms with van der Waals surface area (Å²) < 4.78 is 7.47. The number of hydrogen-bond donors (Lipinski definition) is 0. The first-order chi connectivity index (χ1) is 15.0. The van der Waals surface area contributed by atoms with Crippen LogP contribution in [0.2, 0.25) is 10.0 Å². The molecule has 0 saturated heterocycles. The summed E-state index contributed by atoms with van der Waals surface area (Å²) in [5.74, 6) is -0.488. The lowest BCUT2D eigenvalue weighted by Gasteiger charge is -2.09. The molecule has 0 saturated carbocycles. The molecule has 0 spiro atoms. The lowest BCUT2D eigenvalue weighted by atomic mass is 10.2. The normalized spacial score (nSPS) is 12.0. The molecular weight excluding hydrogens is 455 g/mol. The third-order valence-electron chi connectivity index (χ3n) is 4.67. The van der Waals surface area contributed by atoms with Crippen molar-refractivity contribution in [3.05, 3.63) is 103 Å². The summed E-state index contributed by atoms with van der Waals surface area (Å²) in [5, 5.41) is 0.338. The van der Waals surface area contributed by atoms with E-state index >= 15 is 0 Å². The van der Waals surface area contributed by atoms with Crippen molar-refractivity contribution >= 4 is 62.6 Å². The van der Waals surface area contributed by atoms with Gasteiger partial charge in [0, 0.05) is 0 Å². The Morgan fingerprint density at radius 3 is 2.42 bits per heavy atom. The van der Waals surface area contributed by atoms with E-state index in [9.17, 15) is 9.59 Å². The number of carbonyl (C=O) groups excluding carboxylic acids is 1. The van der Waals surface area contributed by atoms with Crippen LogP contribution in [0.3, 0.4) is 0 Å². The first-order valence-corrected chi connectivity index (χ1v) is 10.8. The number of benzene rings is 3. The highest BCUT2D eigenvalue weighted by Gasteiger charge is 2.16. The van der Waals surface area contributed by atoms with Crippen LogP contribution in [0.4, 0.5) is 0 Å². The van der Waals surface area contributed by atoms with Crippen LogP contribution in [-0.4, -0.2) is 15.4 Å². The molecule has 0 aliphatic heterocycles. The second-order valence-electron chi connectivity index (χ2n) is 6.70. The highest BCUT2D eigenvalue weighted by molar-refractivity contribution is 7.15. The molecule has 0 fully saturated rings. The second-order valence-corrected chi connectivity index (χ2v) is 8.53. The van der Waals surface area contributed by atoms with Crippen LogP contribution in [0.5, 0.6) is 5.75 Å². The lowest BCUT2D eigenvalue weighted by Crippen LogP contribution is -2.22. The zero-order valence-corrected chi connectivity index (χ0v) is 18.0. The van der Waals surface area contributed by atoms with Crippen LogP contribution >= 0.6 is 34.5 Å². The van der Waals surface area contributed by atoms with Crippen LogP contribution in [-0.2, 0) is 0 Å². The number of ether oxygens (including phenoxy) is 1. The fraction of sp³-hybridized carbons (Fsp3) is 0. The van der Waals surface area contributed by atoms with Crippen LogP contribution in [0, 0.1) is 0 Å². The molecule has 8 heteroatoms. The van der Waals surface area contributed by atoms with Gasteiger partial charge in [0.05, 0.1) is 31.2 Å². The van der Waals surface area contributed by atoms with E-state index in [-0.39, 0.29) is 21.4 Å². The summed E-state index contributed by atoms with van der Waals surface area (Å²) in [5.41, 5.74) is 2.36. The van der Waals surface area contributed by atoms with Crippen molar-refractivity contribution in [3.63, 3.8) is 0 Å². The van der Waals surface area contributed by atoms with Crippen molar-refractivity contribution < 1.29 is 9.53 Å². The maximum Gasteiger partial charge on any atom is 0.343 e. The Morgan fingerprint density at radius 2 is 1.68 bits per heavy atom.